The van der Waals surface area contributed by atoms with Crippen molar-refractivity contribution in [3.63, 3.8) is 0 Å². The zero-order valence-electron chi connectivity index (χ0n) is 9.48. The molecule has 16 heavy (non-hydrogen) atoms. The Morgan fingerprint density at radius 1 is 1.44 bits per heavy atom. The lowest BCUT2D eigenvalue weighted by Gasteiger charge is -2.07. The Labute approximate surface area is 93.1 Å². The van der Waals surface area contributed by atoms with E-state index >= 15 is 0 Å². The second-order valence-electron chi connectivity index (χ2n) is 3.58. The molecule has 0 aliphatic heterocycles. The van der Waals surface area contributed by atoms with E-state index in [4.69, 9.17) is 4.74 Å². The summed E-state index contributed by atoms with van der Waals surface area (Å²) in [5.74, 6) is 1.49. The lowest BCUT2D eigenvalue weighted by atomic mass is 10.1. The number of aryl methyl sites for hydroxylation is 1. The summed E-state index contributed by atoms with van der Waals surface area (Å²) >= 11 is 0. The largest absolute Gasteiger partial charge is 0.496 e. The number of rotatable bonds is 3. The van der Waals surface area contributed by atoms with Gasteiger partial charge in [-0.1, -0.05) is 0 Å². The van der Waals surface area contributed by atoms with E-state index in [1.807, 2.05) is 20.0 Å². The molecule has 0 aliphatic rings. The number of nitrogens with zero attached hydrogens (tertiary/aromatic N) is 4. The molecule has 0 spiro atoms. The summed E-state index contributed by atoms with van der Waals surface area (Å²) in [4.78, 5) is 3.20. The molecule has 0 atom stereocenters. The van der Waals surface area contributed by atoms with Gasteiger partial charge in [-0.3, -0.25) is 10.3 Å². The number of H-pyrrole nitrogens is 1. The molecule has 2 aromatic rings. The van der Waals surface area contributed by atoms with Crippen LogP contribution in [0.4, 0.5) is 0 Å². The maximum Gasteiger partial charge on any atom is 0.191 e. The molecule has 1 N–H and O–H groups in total. The Hall–Kier alpha value is -1.98. The van der Waals surface area contributed by atoms with Crippen molar-refractivity contribution in [1.29, 1.82) is 0 Å². The third-order valence-electron chi connectivity index (χ3n) is 2.51. The third kappa shape index (κ3) is 1.86. The highest BCUT2D eigenvalue weighted by molar-refractivity contribution is 5.39. The minimum atomic E-state index is 0.579. The van der Waals surface area contributed by atoms with Gasteiger partial charge in [0.25, 0.3) is 0 Å². The van der Waals surface area contributed by atoms with Crippen molar-refractivity contribution in [2.75, 3.05) is 7.11 Å². The molecule has 0 unspecified atom stereocenters. The van der Waals surface area contributed by atoms with E-state index in [1.165, 1.54) is 0 Å². The molecule has 0 saturated heterocycles. The number of tetrazole rings is 1. The van der Waals surface area contributed by atoms with Crippen LogP contribution < -0.4 is 14.8 Å². The van der Waals surface area contributed by atoms with Gasteiger partial charge in [0.1, 0.15) is 5.75 Å². The number of aromatic amines is 1. The van der Waals surface area contributed by atoms with Gasteiger partial charge in [0, 0.05) is 5.82 Å². The van der Waals surface area contributed by atoms with Crippen molar-refractivity contribution in [3.05, 3.63) is 28.8 Å². The van der Waals surface area contributed by atoms with Gasteiger partial charge >= 0.3 is 0 Å². The van der Waals surface area contributed by atoms with Crippen LogP contribution in [-0.4, -0.2) is 22.6 Å². The molecule has 0 saturated carbocycles. The zero-order valence-corrected chi connectivity index (χ0v) is 9.48. The van der Waals surface area contributed by atoms with Crippen molar-refractivity contribution < 1.29 is 9.72 Å². The highest BCUT2D eigenvalue weighted by Crippen LogP contribution is 2.22. The standard InChI is InChI=1S/C10H12N5O/c1-6-5-11-8(7(2)10(6)16-3)4-9-12-14-15-13-9/h5H,4H2,1-3H3/q-1/p+1. The lowest BCUT2D eigenvalue weighted by Crippen LogP contribution is -2.16. The molecule has 2 rings (SSSR count). The summed E-state index contributed by atoms with van der Waals surface area (Å²) in [5.41, 5.74) is 3.15. The van der Waals surface area contributed by atoms with E-state index in [-0.39, 0.29) is 0 Å². The van der Waals surface area contributed by atoms with Crippen molar-refractivity contribution >= 4 is 0 Å². The smallest absolute Gasteiger partial charge is 0.191 e. The second-order valence-corrected chi connectivity index (χ2v) is 3.58. The van der Waals surface area contributed by atoms with Gasteiger partial charge in [0.15, 0.2) is 11.9 Å². The maximum atomic E-state index is 5.34. The fourth-order valence-corrected chi connectivity index (χ4v) is 1.69. The van der Waals surface area contributed by atoms with E-state index in [0.29, 0.717) is 12.2 Å². The topological polar surface area (TPSA) is 76.1 Å². The molecule has 0 aromatic carbocycles. The predicted molar refractivity (Wildman–Crippen MR) is 55.0 cm³/mol. The number of nitrogens with one attached hydrogen (secondary N) is 1. The Kier molecular flexibility index (Phi) is 2.80. The van der Waals surface area contributed by atoms with Gasteiger partial charge in [-0.2, -0.15) is 5.21 Å². The Morgan fingerprint density at radius 3 is 2.88 bits per heavy atom. The van der Waals surface area contributed by atoms with Crippen LogP contribution in [0.1, 0.15) is 22.6 Å². The summed E-state index contributed by atoms with van der Waals surface area (Å²) < 4.78 is 5.34. The quantitative estimate of drug-likeness (QED) is 0.718. The fraction of sp³-hybridized carbons (Fsp3) is 0.400. The first-order valence-electron chi connectivity index (χ1n) is 4.94. The number of methoxy groups -OCH3 is 1. The van der Waals surface area contributed by atoms with Crippen LogP contribution in [-0.2, 0) is 6.42 Å². The summed E-state index contributed by atoms with van der Waals surface area (Å²) in [6.07, 6.45) is 2.49. The first-order chi connectivity index (χ1) is 7.72. The van der Waals surface area contributed by atoms with Gasteiger partial charge in [-0.15, -0.1) is 0 Å². The van der Waals surface area contributed by atoms with Crippen molar-refractivity contribution in [3.8, 4) is 5.75 Å². The number of pyridine rings is 1. The average Bonchev–Trinajstić information content (AvgIpc) is 2.76. The molecule has 6 heteroatoms. The highest BCUT2D eigenvalue weighted by Gasteiger charge is 2.14. The number of hydrogen-bond acceptors (Lipinski definition) is 4. The number of aromatic nitrogens is 5. The molecule has 84 valence electrons. The van der Waals surface area contributed by atoms with Gasteiger partial charge in [-0.05, 0) is 13.8 Å². The van der Waals surface area contributed by atoms with E-state index in [0.717, 1.165) is 22.6 Å². The first-order valence-corrected chi connectivity index (χ1v) is 4.94. The highest BCUT2D eigenvalue weighted by atomic mass is 16.5. The molecular weight excluding hydrogens is 206 g/mol. The van der Waals surface area contributed by atoms with Crippen LogP contribution in [0.2, 0.25) is 0 Å². The van der Waals surface area contributed by atoms with E-state index in [9.17, 15) is 0 Å². The summed E-state index contributed by atoms with van der Waals surface area (Å²) in [7, 11) is 1.67. The Bertz CT molecular complexity index is 480. The summed E-state index contributed by atoms with van der Waals surface area (Å²) in [5, 5.41) is 14.5. The van der Waals surface area contributed by atoms with Gasteiger partial charge in [0.2, 0.25) is 0 Å². The van der Waals surface area contributed by atoms with Gasteiger partial charge < -0.3 is 9.84 Å². The van der Waals surface area contributed by atoms with Crippen molar-refractivity contribution in [2.24, 2.45) is 0 Å². The molecule has 6 nitrogen and oxygen atoms in total. The van der Waals surface area contributed by atoms with E-state index < -0.39 is 0 Å². The minimum Gasteiger partial charge on any atom is -0.496 e. The average molecular weight is 219 g/mol. The number of hydrogen-bond donors (Lipinski definition) is 0. The molecule has 0 aliphatic carbocycles. The molecule has 0 fully saturated rings. The predicted octanol–water partition coefficient (Wildman–Crippen LogP) is -0.141. The summed E-state index contributed by atoms with van der Waals surface area (Å²) in [6, 6.07) is 0. The van der Waals surface area contributed by atoms with Crippen LogP contribution in [0.25, 0.3) is 0 Å². The number of ether oxygens (including phenoxy) is 1. The van der Waals surface area contributed by atoms with Crippen molar-refractivity contribution in [2.45, 2.75) is 20.3 Å². The molecule has 0 amide bonds. The lowest BCUT2D eigenvalue weighted by molar-refractivity contribution is -0.390. The van der Waals surface area contributed by atoms with Crippen LogP contribution in [0, 0.1) is 13.8 Å². The Morgan fingerprint density at radius 2 is 2.25 bits per heavy atom. The molecular formula is C10H13N5O. The second kappa shape index (κ2) is 4.26. The summed E-state index contributed by atoms with van der Waals surface area (Å²) in [6.45, 7) is 4.00. The minimum absolute atomic E-state index is 0.579. The Balaban J connectivity index is 2.35. The monoisotopic (exact) mass is 219 g/mol. The maximum absolute atomic E-state index is 5.34. The molecule has 0 radical (unpaired) electrons. The molecule has 2 heterocycles. The van der Waals surface area contributed by atoms with E-state index in [2.05, 4.69) is 25.6 Å². The third-order valence-corrected chi connectivity index (χ3v) is 2.51. The van der Waals surface area contributed by atoms with Crippen LogP contribution in [0.3, 0.4) is 0 Å². The normalized spacial score (nSPS) is 10.4. The zero-order chi connectivity index (χ0) is 11.5. The van der Waals surface area contributed by atoms with Gasteiger partial charge in [0.05, 0.1) is 24.7 Å². The molecule has 0 bridgehead atoms. The fourth-order valence-electron chi connectivity index (χ4n) is 1.69. The van der Waals surface area contributed by atoms with Crippen LogP contribution >= 0.6 is 0 Å². The SMILES string of the molecule is COc1c(C)c[nH+]c(Cc2nnn[n-]2)c1C. The molecule has 2 aromatic heterocycles. The van der Waals surface area contributed by atoms with Gasteiger partial charge in [-0.25, -0.2) is 4.98 Å². The first kappa shape index (κ1) is 10.5. The van der Waals surface area contributed by atoms with Crippen LogP contribution in [0.15, 0.2) is 6.20 Å². The van der Waals surface area contributed by atoms with Crippen molar-refractivity contribution in [1.82, 2.24) is 20.6 Å². The van der Waals surface area contributed by atoms with E-state index in [1.54, 1.807) is 7.11 Å². The van der Waals surface area contributed by atoms with Crippen LogP contribution in [0.5, 0.6) is 5.75 Å².